The van der Waals surface area contributed by atoms with Crippen molar-refractivity contribution >= 4 is 11.9 Å². The number of pyridine rings is 1. The van der Waals surface area contributed by atoms with Crippen molar-refractivity contribution < 1.29 is 19.4 Å². The molecule has 0 spiro atoms. The van der Waals surface area contributed by atoms with Gasteiger partial charge in [0.1, 0.15) is 11.4 Å². The molecule has 0 aliphatic heterocycles. The van der Waals surface area contributed by atoms with Crippen molar-refractivity contribution in [2.45, 2.75) is 19.4 Å². The maximum absolute atomic E-state index is 11.8. The van der Waals surface area contributed by atoms with Crippen LogP contribution in [0.25, 0.3) is 0 Å². The van der Waals surface area contributed by atoms with Crippen molar-refractivity contribution in [1.82, 2.24) is 10.3 Å². The number of carbonyl (C=O) groups is 2. The molecule has 0 saturated carbocycles. The standard InChI is InChI=1S/C12H16N2O4/c1-12(2,18-3)7-13-10(15)8-5-4-6-9(14-8)11(16)17/h4-6H,7H2,1-3H3,(H,13,15)(H,16,17). The Morgan fingerprint density at radius 1 is 1.39 bits per heavy atom. The quantitative estimate of drug-likeness (QED) is 0.814. The molecule has 1 amide bonds. The highest BCUT2D eigenvalue weighted by atomic mass is 16.5. The number of nitrogens with one attached hydrogen (secondary N) is 1. The van der Waals surface area contributed by atoms with Gasteiger partial charge in [0.15, 0.2) is 0 Å². The molecule has 6 heteroatoms. The molecule has 0 atom stereocenters. The van der Waals surface area contributed by atoms with E-state index in [9.17, 15) is 9.59 Å². The Hall–Kier alpha value is -1.95. The molecule has 1 aromatic rings. The summed E-state index contributed by atoms with van der Waals surface area (Å²) >= 11 is 0. The van der Waals surface area contributed by atoms with Crippen molar-refractivity contribution in [2.75, 3.05) is 13.7 Å². The Morgan fingerprint density at radius 2 is 2.00 bits per heavy atom. The number of methoxy groups -OCH3 is 1. The van der Waals surface area contributed by atoms with Gasteiger partial charge in [-0.2, -0.15) is 0 Å². The molecule has 0 aliphatic rings. The summed E-state index contributed by atoms with van der Waals surface area (Å²) < 4.78 is 5.16. The van der Waals surface area contributed by atoms with Crippen LogP contribution in [0, 0.1) is 0 Å². The fourth-order valence-corrected chi connectivity index (χ4v) is 1.14. The predicted molar refractivity (Wildman–Crippen MR) is 64.6 cm³/mol. The zero-order valence-corrected chi connectivity index (χ0v) is 10.6. The van der Waals surface area contributed by atoms with Gasteiger partial charge in [0.05, 0.1) is 5.60 Å². The average molecular weight is 252 g/mol. The van der Waals surface area contributed by atoms with Crippen LogP contribution in [0.5, 0.6) is 0 Å². The fourth-order valence-electron chi connectivity index (χ4n) is 1.14. The number of nitrogens with zero attached hydrogens (tertiary/aromatic N) is 1. The van der Waals surface area contributed by atoms with Crippen molar-refractivity contribution in [3.63, 3.8) is 0 Å². The number of aromatic nitrogens is 1. The zero-order chi connectivity index (χ0) is 13.8. The number of hydrogen-bond acceptors (Lipinski definition) is 4. The largest absolute Gasteiger partial charge is 0.477 e. The summed E-state index contributed by atoms with van der Waals surface area (Å²) in [6.07, 6.45) is 0. The molecule has 0 aliphatic carbocycles. The lowest BCUT2D eigenvalue weighted by Crippen LogP contribution is -2.40. The third-order valence-corrected chi connectivity index (χ3v) is 2.43. The van der Waals surface area contributed by atoms with Crippen LogP contribution in [-0.4, -0.2) is 41.2 Å². The van der Waals surface area contributed by atoms with Gasteiger partial charge in [0, 0.05) is 13.7 Å². The highest BCUT2D eigenvalue weighted by Crippen LogP contribution is 2.06. The normalized spacial score (nSPS) is 11.1. The van der Waals surface area contributed by atoms with Gasteiger partial charge in [0.2, 0.25) is 0 Å². The van der Waals surface area contributed by atoms with Crippen molar-refractivity contribution in [3.8, 4) is 0 Å². The fraction of sp³-hybridized carbons (Fsp3) is 0.417. The van der Waals surface area contributed by atoms with E-state index >= 15 is 0 Å². The van der Waals surface area contributed by atoms with Crippen LogP contribution < -0.4 is 5.32 Å². The molecule has 1 rings (SSSR count). The second-order valence-electron chi connectivity index (χ2n) is 4.36. The van der Waals surface area contributed by atoms with Gasteiger partial charge in [-0.3, -0.25) is 4.79 Å². The Morgan fingerprint density at radius 3 is 2.56 bits per heavy atom. The summed E-state index contributed by atoms with van der Waals surface area (Å²) in [5.41, 5.74) is -0.574. The van der Waals surface area contributed by atoms with Crippen LogP contribution >= 0.6 is 0 Å². The van der Waals surface area contributed by atoms with Gasteiger partial charge in [0.25, 0.3) is 5.91 Å². The monoisotopic (exact) mass is 252 g/mol. The molecular weight excluding hydrogens is 236 g/mol. The molecule has 0 saturated heterocycles. The van der Waals surface area contributed by atoms with Crippen LogP contribution in [-0.2, 0) is 4.74 Å². The minimum Gasteiger partial charge on any atom is -0.477 e. The van der Waals surface area contributed by atoms with Crippen LogP contribution in [0.15, 0.2) is 18.2 Å². The SMILES string of the molecule is COC(C)(C)CNC(=O)c1cccc(C(=O)O)n1. The third-order valence-electron chi connectivity index (χ3n) is 2.43. The van der Waals surface area contributed by atoms with Crippen molar-refractivity contribution in [2.24, 2.45) is 0 Å². The summed E-state index contributed by atoms with van der Waals surface area (Å²) in [6, 6.07) is 4.27. The number of hydrogen-bond donors (Lipinski definition) is 2. The first-order chi connectivity index (χ1) is 8.35. The van der Waals surface area contributed by atoms with Crippen molar-refractivity contribution in [1.29, 1.82) is 0 Å². The Bertz CT molecular complexity index is 457. The second-order valence-corrected chi connectivity index (χ2v) is 4.36. The predicted octanol–water partition coefficient (Wildman–Crippen LogP) is 0.935. The number of rotatable bonds is 5. The van der Waals surface area contributed by atoms with Gasteiger partial charge in [-0.25, -0.2) is 9.78 Å². The number of carboxylic acid groups (broad SMARTS) is 1. The van der Waals surface area contributed by atoms with E-state index in [0.29, 0.717) is 6.54 Å². The number of carbonyl (C=O) groups excluding carboxylic acids is 1. The van der Waals surface area contributed by atoms with Crippen LogP contribution in [0.2, 0.25) is 0 Å². The molecule has 0 bridgehead atoms. The van der Waals surface area contributed by atoms with E-state index in [1.165, 1.54) is 18.2 Å². The van der Waals surface area contributed by atoms with Gasteiger partial charge in [-0.05, 0) is 26.0 Å². The molecular formula is C12H16N2O4. The molecule has 6 nitrogen and oxygen atoms in total. The van der Waals surface area contributed by atoms with E-state index < -0.39 is 17.5 Å². The molecule has 98 valence electrons. The zero-order valence-electron chi connectivity index (χ0n) is 10.6. The van der Waals surface area contributed by atoms with Gasteiger partial charge in [-0.15, -0.1) is 0 Å². The Kier molecular flexibility index (Phi) is 4.38. The molecule has 1 aromatic heterocycles. The summed E-state index contributed by atoms with van der Waals surface area (Å²) in [7, 11) is 1.55. The lowest BCUT2D eigenvalue weighted by Gasteiger charge is -2.22. The third kappa shape index (κ3) is 3.81. The average Bonchev–Trinajstić information content (AvgIpc) is 2.36. The van der Waals surface area contributed by atoms with Gasteiger partial charge in [-0.1, -0.05) is 6.07 Å². The molecule has 1 heterocycles. The number of ether oxygens (including phenoxy) is 1. The second kappa shape index (κ2) is 5.59. The van der Waals surface area contributed by atoms with E-state index in [-0.39, 0.29) is 11.4 Å². The molecule has 0 radical (unpaired) electrons. The van der Waals surface area contributed by atoms with Crippen LogP contribution in [0.4, 0.5) is 0 Å². The molecule has 0 aromatic carbocycles. The van der Waals surface area contributed by atoms with E-state index in [4.69, 9.17) is 9.84 Å². The maximum Gasteiger partial charge on any atom is 0.354 e. The maximum atomic E-state index is 11.8. The highest BCUT2D eigenvalue weighted by molar-refractivity contribution is 5.94. The lowest BCUT2D eigenvalue weighted by molar-refractivity contribution is 0.0228. The smallest absolute Gasteiger partial charge is 0.354 e. The van der Waals surface area contributed by atoms with E-state index in [1.54, 1.807) is 7.11 Å². The number of carboxylic acids is 1. The van der Waals surface area contributed by atoms with E-state index in [1.807, 2.05) is 13.8 Å². The first-order valence-corrected chi connectivity index (χ1v) is 5.39. The van der Waals surface area contributed by atoms with Crippen LogP contribution in [0.3, 0.4) is 0 Å². The van der Waals surface area contributed by atoms with E-state index in [2.05, 4.69) is 10.3 Å². The molecule has 0 fully saturated rings. The Labute approximate surface area is 105 Å². The number of amides is 1. The summed E-state index contributed by atoms with van der Waals surface area (Å²) in [5, 5.41) is 11.4. The summed E-state index contributed by atoms with van der Waals surface area (Å²) in [5.74, 6) is -1.59. The Balaban J connectivity index is 2.73. The topological polar surface area (TPSA) is 88.5 Å². The van der Waals surface area contributed by atoms with E-state index in [0.717, 1.165) is 0 Å². The number of aromatic carboxylic acids is 1. The minimum absolute atomic E-state index is 0.0711. The first kappa shape index (κ1) is 14.1. The van der Waals surface area contributed by atoms with Gasteiger partial charge >= 0.3 is 5.97 Å². The molecule has 2 N–H and O–H groups in total. The van der Waals surface area contributed by atoms with Gasteiger partial charge < -0.3 is 15.2 Å². The van der Waals surface area contributed by atoms with Crippen LogP contribution in [0.1, 0.15) is 34.8 Å². The molecule has 0 unspecified atom stereocenters. The summed E-state index contributed by atoms with van der Waals surface area (Å²) in [4.78, 5) is 26.2. The molecule has 18 heavy (non-hydrogen) atoms. The highest BCUT2D eigenvalue weighted by Gasteiger charge is 2.18. The first-order valence-electron chi connectivity index (χ1n) is 5.39. The lowest BCUT2D eigenvalue weighted by atomic mass is 10.1. The minimum atomic E-state index is -1.16. The van der Waals surface area contributed by atoms with Crippen molar-refractivity contribution in [3.05, 3.63) is 29.6 Å². The summed E-state index contributed by atoms with van der Waals surface area (Å²) in [6.45, 7) is 3.96.